The average molecular weight is 430 g/mol. The first-order valence-corrected chi connectivity index (χ1v) is 9.72. The van der Waals surface area contributed by atoms with Gasteiger partial charge in [-0.15, -0.1) is 10.2 Å². The molecule has 152 valence electrons. The number of anilines is 2. The van der Waals surface area contributed by atoms with Gasteiger partial charge >= 0.3 is 11.8 Å². The molecule has 12 nitrogen and oxygen atoms in total. The Morgan fingerprint density at radius 3 is 2.79 bits per heavy atom. The summed E-state index contributed by atoms with van der Waals surface area (Å²) in [5.41, 5.74) is 3.97. The summed E-state index contributed by atoms with van der Waals surface area (Å²) in [7, 11) is 1.45. The van der Waals surface area contributed by atoms with Crippen LogP contribution < -0.4 is 22.3 Å². The molecule has 2 aromatic rings. The van der Waals surface area contributed by atoms with E-state index in [4.69, 9.17) is 15.2 Å². The van der Waals surface area contributed by atoms with Crippen molar-refractivity contribution < 1.29 is 19.1 Å². The number of amides is 1. The van der Waals surface area contributed by atoms with Crippen LogP contribution in [0.2, 0.25) is 0 Å². The number of Topliss-reactive ketones (excluding diaryl/α,β-unsaturated/α-hetero) is 1. The van der Waals surface area contributed by atoms with E-state index in [1.54, 1.807) is 6.92 Å². The molecule has 2 aromatic heterocycles. The van der Waals surface area contributed by atoms with Gasteiger partial charge in [0, 0.05) is 7.11 Å². The number of nitrogens with two attached hydrogens (primary N) is 1. The van der Waals surface area contributed by atoms with Gasteiger partial charge in [-0.05, 0) is 6.92 Å². The summed E-state index contributed by atoms with van der Waals surface area (Å²) < 4.78 is 11.1. The van der Waals surface area contributed by atoms with Crippen LogP contribution in [0.1, 0.15) is 17.3 Å². The molecule has 14 heteroatoms. The van der Waals surface area contributed by atoms with Crippen LogP contribution in [0.3, 0.4) is 0 Å². The second-order valence-corrected chi connectivity index (χ2v) is 7.29. The molecular weight excluding hydrogens is 412 g/mol. The third kappa shape index (κ3) is 5.40. The number of ketones is 1. The lowest BCUT2D eigenvalue weighted by Gasteiger charge is -2.11. The third-order valence-corrected chi connectivity index (χ3v) is 5.23. The number of rotatable bonds is 9. The number of carbonyl (C=O) groups excluding carboxylic acids is 2. The van der Waals surface area contributed by atoms with Crippen molar-refractivity contribution in [3.05, 3.63) is 26.4 Å². The number of ether oxygens (including phenoxy) is 2. The first kappa shape index (κ1) is 21.6. The highest BCUT2D eigenvalue weighted by atomic mass is 32.2. The van der Waals surface area contributed by atoms with Crippen molar-refractivity contribution in [3.8, 4) is 0 Å². The Labute approximate surface area is 166 Å². The van der Waals surface area contributed by atoms with E-state index in [9.17, 15) is 19.2 Å². The summed E-state index contributed by atoms with van der Waals surface area (Å²) >= 11 is 2.05. The highest BCUT2D eigenvalue weighted by Crippen LogP contribution is 2.26. The summed E-state index contributed by atoms with van der Waals surface area (Å²) in [6, 6.07) is 0. The summed E-state index contributed by atoms with van der Waals surface area (Å²) in [6.07, 6.45) is -0.663. The lowest BCUT2D eigenvalue weighted by atomic mass is 10.2. The van der Waals surface area contributed by atoms with Gasteiger partial charge in [0.25, 0.3) is 5.56 Å². The molecule has 0 saturated heterocycles. The van der Waals surface area contributed by atoms with Crippen LogP contribution in [-0.2, 0) is 16.0 Å². The standard InChI is InChI=1S/C14H18N6O6S2/c1-3-26-13(24)17-11-18-19-14(28-11)27-6-7(21)8-9(15)20(4-5-25-2)12(23)16-10(8)22/h3-6,15H2,1-2H3,(H,16,22,23)(H,17,18,24). The Kier molecular flexibility index (Phi) is 7.71. The molecule has 0 atom stereocenters. The zero-order chi connectivity index (χ0) is 20.7. The number of aromatic amines is 1. The molecule has 2 rings (SSSR count). The van der Waals surface area contributed by atoms with Gasteiger partial charge in [0.1, 0.15) is 11.4 Å². The first-order valence-electron chi connectivity index (χ1n) is 7.92. The normalized spacial score (nSPS) is 10.6. The van der Waals surface area contributed by atoms with Gasteiger partial charge in [0.05, 0.1) is 25.5 Å². The van der Waals surface area contributed by atoms with Gasteiger partial charge in [0.2, 0.25) is 5.13 Å². The number of H-pyrrole nitrogens is 1. The zero-order valence-electron chi connectivity index (χ0n) is 15.0. The van der Waals surface area contributed by atoms with E-state index in [1.807, 2.05) is 0 Å². The van der Waals surface area contributed by atoms with Crippen LogP contribution >= 0.6 is 23.1 Å². The van der Waals surface area contributed by atoms with Crippen LogP contribution in [0.5, 0.6) is 0 Å². The zero-order valence-corrected chi connectivity index (χ0v) is 16.6. The summed E-state index contributed by atoms with van der Waals surface area (Å²) in [5, 5.41) is 10.2. The summed E-state index contributed by atoms with van der Waals surface area (Å²) in [6.45, 7) is 2.14. The number of nitrogens with one attached hydrogen (secondary N) is 2. The number of nitrogens with zero attached hydrogens (tertiary/aromatic N) is 3. The van der Waals surface area contributed by atoms with E-state index < -0.39 is 23.1 Å². The predicted octanol–water partition coefficient (Wildman–Crippen LogP) is 0.160. The van der Waals surface area contributed by atoms with Crippen molar-refractivity contribution in [1.29, 1.82) is 0 Å². The van der Waals surface area contributed by atoms with Gasteiger partial charge in [-0.25, -0.2) is 9.59 Å². The third-order valence-electron chi connectivity index (χ3n) is 3.26. The Morgan fingerprint density at radius 2 is 2.11 bits per heavy atom. The van der Waals surface area contributed by atoms with E-state index in [1.165, 1.54) is 7.11 Å². The molecule has 0 spiro atoms. The summed E-state index contributed by atoms with van der Waals surface area (Å²) in [5.74, 6) is -0.965. The maximum Gasteiger partial charge on any atom is 0.413 e. The highest BCUT2D eigenvalue weighted by Gasteiger charge is 2.20. The molecule has 0 fully saturated rings. The summed E-state index contributed by atoms with van der Waals surface area (Å²) in [4.78, 5) is 49.8. The lowest BCUT2D eigenvalue weighted by molar-refractivity contribution is 0.102. The maximum atomic E-state index is 12.5. The van der Waals surface area contributed by atoms with E-state index in [0.29, 0.717) is 4.34 Å². The van der Waals surface area contributed by atoms with Crippen LogP contribution in [-0.4, -0.2) is 57.7 Å². The fourth-order valence-electron chi connectivity index (χ4n) is 2.03. The van der Waals surface area contributed by atoms with Crippen LogP contribution in [0.15, 0.2) is 13.9 Å². The molecule has 28 heavy (non-hydrogen) atoms. The number of hydrogen-bond acceptors (Lipinski definition) is 11. The Hall–Kier alpha value is -2.71. The number of nitrogen functional groups attached to an aromatic ring is 1. The number of aromatic nitrogens is 4. The fourth-order valence-corrected chi connectivity index (χ4v) is 3.64. The Bertz CT molecular complexity index is 968. The van der Waals surface area contributed by atoms with Gasteiger partial charge in [-0.2, -0.15) is 0 Å². The minimum atomic E-state index is -0.858. The van der Waals surface area contributed by atoms with Crippen molar-refractivity contribution in [2.45, 2.75) is 17.8 Å². The quantitative estimate of drug-likeness (QED) is 0.283. The smallest absolute Gasteiger partial charge is 0.413 e. The number of hydrogen-bond donors (Lipinski definition) is 3. The molecule has 0 unspecified atom stereocenters. The topological polar surface area (TPSA) is 171 Å². The average Bonchev–Trinajstić information content (AvgIpc) is 3.07. The fraction of sp³-hybridized carbons (Fsp3) is 0.429. The van der Waals surface area contributed by atoms with Crippen molar-refractivity contribution in [2.75, 3.05) is 37.1 Å². The van der Waals surface area contributed by atoms with Crippen molar-refractivity contribution in [1.82, 2.24) is 19.7 Å². The largest absolute Gasteiger partial charge is 0.450 e. The first-order chi connectivity index (χ1) is 13.4. The van der Waals surface area contributed by atoms with Crippen LogP contribution in [0.25, 0.3) is 0 Å². The van der Waals surface area contributed by atoms with Crippen LogP contribution in [0.4, 0.5) is 15.7 Å². The number of carbonyl (C=O) groups is 2. The van der Waals surface area contributed by atoms with Gasteiger partial charge in [0.15, 0.2) is 10.1 Å². The van der Waals surface area contributed by atoms with Crippen molar-refractivity contribution >= 4 is 45.9 Å². The molecule has 0 bridgehead atoms. The molecule has 1 amide bonds. The van der Waals surface area contributed by atoms with Gasteiger partial charge in [-0.1, -0.05) is 23.1 Å². The monoisotopic (exact) mass is 430 g/mol. The Balaban J connectivity index is 2.09. The van der Waals surface area contributed by atoms with Gasteiger partial charge in [-0.3, -0.25) is 24.5 Å². The highest BCUT2D eigenvalue weighted by molar-refractivity contribution is 8.01. The molecule has 0 radical (unpaired) electrons. The lowest BCUT2D eigenvalue weighted by Crippen LogP contribution is -2.37. The molecule has 2 heterocycles. The minimum absolute atomic E-state index is 0.0880. The molecule has 4 N–H and O–H groups in total. The van der Waals surface area contributed by atoms with E-state index in [-0.39, 0.29) is 42.0 Å². The predicted molar refractivity (Wildman–Crippen MR) is 103 cm³/mol. The van der Waals surface area contributed by atoms with E-state index in [2.05, 4.69) is 20.5 Å². The SMILES string of the molecule is CCOC(=O)Nc1nnc(SCC(=O)c2c(N)n(CCOC)c(=O)[nH]c2=O)s1. The maximum absolute atomic E-state index is 12.5. The molecule has 0 saturated carbocycles. The van der Waals surface area contributed by atoms with E-state index >= 15 is 0 Å². The van der Waals surface area contributed by atoms with E-state index in [0.717, 1.165) is 27.7 Å². The molecular formula is C14H18N6O6S2. The molecule has 0 aliphatic carbocycles. The Morgan fingerprint density at radius 1 is 1.36 bits per heavy atom. The second kappa shape index (κ2) is 10.0. The second-order valence-electron chi connectivity index (χ2n) is 5.09. The van der Waals surface area contributed by atoms with Crippen molar-refractivity contribution in [3.63, 3.8) is 0 Å². The molecule has 0 aromatic carbocycles. The minimum Gasteiger partial charge on any atom is -0.450 e. The molecule has 0 aliphatic rings. The molecule has 0 aliphatic heterocycles. The van der Waals surface area contributed by atoms with Gasteiger partial charge < -0.3 is 15.2 Å². The van der Waals surface area contributed by atoms with Crippen LogP contribution in [0, 0.1) is 0 Å². The van der Waals surface area contributed by atoms with Crippen molar-refractivity contribution in [2.24, 2.45) is 0 Å². The number of methoxy groups -OCH3 is 1. The number of thioether (sulfide) groups is 1.